The largest absolute Gasteiger partial charge is 0.0579 e. The van der Waals surface area contributed by atoms with Crippen molar-refractivity contribution < 1.29 is 0 Å². The Morgan fingerprint density at radius 3 is 1.32 bits per heavy atom. The van der Waals surface area contributed by atoms with Gasteiger partial charge in [0.1, 0.15) is 0 Å². The van der Waals surface area contributed by atoms with Gasteiger partial charge in [0.05, 0.1) is 0 Å². The summed E-state index contributed by atoms with van der Waals surface area (Å²) in [6.45, 7) is 13.7. The number of fused-ring (bicyclic) bond motifs is 3. The van der Waals surface area contributed by atoms with E-state index < -0.39 is 0 Å². The van der Waals surface area contributed by atoms with Gasteiger partial charge in [-0.05, 0) is 50.6 Å². The van der Waals surface area contributed by atoms with Crippen molar-refractivity contribution in [2.75, 3.05) is 0 Å². The van der Waals surface area contributed by atoms with Gasteiger partial charge in [0, 0.05) is 18.9 Å². The zero-order chi connectivity index (χ0) is 15.4. The first kappa shape index (κ1) is 17.4. The molecule has 0 aromatic heterocycles. The first-order valence-corrected chi connectivity index (χ1v) is 7.93. The summed E-state index contributed by atoms with van der Waals surface area (Å²) in [5, 5.41) is 0. The maximum Gasteiger partial charge on any atom is 0 e. The second-order valence-electron chi connectivity index (χ2n) is 8.42. The molecule has 1 aliphatic carbocycles. The van der Waals surface area contributed by atoms with E-state index in [9.17, 15) is 0 Å². The summed E-state index contributed by atoms with van der Waals surface area (Å²) in [7, 11) is 0. The fourth-order valence-corrected chi connectivity index (χ4v) is 3.14. The van der Waals surface area contributed by atoms with Gasteiger partial charge in [0.2, 0.25) is 0 Å². The predicted molar refractivity (Wildman–Crippen MR) is 97.8 cm³/mol. The van der Waals surface area contributed by atoms with Crippen LogP contribution in [-0.2, 0) is 17.3 Å². The van der Waals surface area contributed by atoms with Crippen LogP contribution < -0.4 is 0 Å². The fourth-order valence-electron chi connectivity index (χ4n) is 3.14. The van der Waals surface area contributed by atoms with E-state index >= 15 is 0 Å². The van der Waals surface area contributed by atoms with Gasteiger partial charge >= 0.3 is 0 Å². The Balaban J connectivity index is 0.00000176. The van der Waals surface area contributed by atoms with E-state index in [-0.39, 0.29) is 29.7 Å². The van der Waals surface area contributed by atoms with Crippen LogP contribution in [-0.4, -0.2) is 18.9 Å². The molecule has 0 saturated heterocycles. The molecule has 0 unspecified atom stereocenters. The first-order chi connectivity index (χ1) is 9.66. The van der Waals surface area contributed by atoms with Crippen LogP contribution in [0.25, 0.3) is 11.1 Å². The van der Waals surface area contributed by atoms with Gasteiger partial charge in [-0.3, -0.25) is 0 Å². The molecule has 1 radical (unpaired) electrons. The van der Waals surface area contributed by atoms with E-state index in [0.29, 0.717) is 0 Å². The second-order valence-corrected chi connectivity index (χ2v) is 8.42. The van der Waals surface area contributed by atoms with Gasteiger partial charge in [-0.1, -0.05) is 77.9 Å². The molecule has 0 spiro atoms. The van der Waals surface area contributed by atoms with Crippen LogP contribution in [0.3, 0.4) is 0 Å². The summed E-state index contributed by atoms with van der Waals surface area (Å²) >= 11 is 0. The molecule has 2 aromatic carbocycles. The van der Waals surface area contributed by atoms with Crippen LogP contribution >= 0.6 is 0 Å². The third-order valence-electron chi connectivity index (χ3n) is 4.61. The minimum atomic E-state index is 0. The van der Waals surface area contributed by atoms with Gasteiger partial charge in [-0.25, -0.2) is 0 Å². The molecule has 0 aliphatic heterocycles. The number of benzene rings is 2. The molecule has 0 fully saturated rings. The Hall–Kier alpha value is -0.963. The molecule has 0 saturated carbocycles. The SMILES string of the molecule is CC(C)(C)c1ccc2c(c1)Cc1cc(C(C)(C)C)ccc1-2.[Li]. The molecule has 0 amide bonds. The van der Waals surface area contributed by atoms with Crippen molar-refractivity contribution in [3.63, 3.8) is 0 Å². The second kappa shape index (κ2) is 5.59. The molecule has 0 bridgehead atoms. The van der Waals surface area contributed by atoms with Gasteiger partial charge in [-0.2, -0.15) is 0 Å². The average Bonchev–Trinajstić information content (AvgIpc) is 2.73. The molecule has 2 aromatic rings. The molecule has 3 rings (SSSR count). The Kier molecular flexibility index (Phi) is 4.42. The summed E-state index contributed by atoms with van der Waals surface area (Å²) in [6, 6.07) is 14.0. The molecule has 0 nitrogen and oxygen atoms in total. The van der Waals surface area contributed by atoms with E-state index in [0.717, 1.165) is 6.42 Å². The summed E-state index contributed by atoms with van der Waals surface area (Å²) < 4.78 is 0. The van der Waals surface area contributed by atoms with Crippen molar-refractivity contribution in [3.8, 4) is 11.1 Å². The zero-order valence-corrected chi connectivity index (χ0v) is 15.2. The first-order valence-electron chi connectivity index (χ1n) is 7.93. The molecule has 1 heteroatoms. The van der Waals surface area contributed by atoms with E-state index in [1.165, 1.54) is 33.4 Å². The van der Waals surface area contributed by atoms with Crippen LogP contribution in [0.1, 0.15) is 63.8 Å². The minimum absolute atomic E-state index is 0. The van der Waals surface area contributed by atoms with E-state index in [1.54, 1.807) is 0 Å². The topological polar surface area (TPSA) is 0 Å². The van der Waals surface area contributed by atoms with E-state index in [4.69, 9.17) is 0 Å². The van der Waals surface area contributed by atoms with Crippen LogP contribution in [0, 0.1) is 0 Å². The van der Waals surface area contributed by atoms with Gasteiger partial charge in [-0.15, -0.1) is 0 Å². The fraction of sp³-hybridized carbons (Fsp3) is 0.429. The maximum atomic E-state index is 2.41. The zero-order valence-electron chi connectivity index (χ0n) is 15.2. The molecule has 111 valence electrons. The van der Waals surface area contributed by atoms with Gasteiger partial charge in [0.15, 0.2) is 0 Å². The van der Waals surface area contributed by atoms with Crippen molar-refractivity contribution in [3.05, 3.63) is 58.7 Å². The summed E-state index contributed by atoms with van der Waals surface area (Å²) in [6.07, 6.45) is 1.08. The van der Waals surface area contributed by atoms with Crippen LogP contribution in [0.15, 0.2) is 36.4 Å². The third kappa shape index (κ3) is 3.05. The molecular weight excluding hydrogens is 259 g/mol. The Labute approximate surface area is 147 Å². The summed E-state index contributed by atoms with van der Waals surface area (Å²) in [5.41, 5.74) is 9.15. The van der Waals surface area contributed by atoms with Crippen LogP contribution in [0.5, 0.6) is 0 Å². The van der Waals surface area contributed by atoms with Crippen LogP contribution in [0.2, 0.25) is 0 Å². The van der Waals surface area contributed by atoms with Crippen molar-refractivity contribution >= 4 is 18.9 Å². The Morgan fingerprint density at radius 1 is 0.636 bits per heavy atom. The molecule has 0 atom stereocenters. The molecule has 22 heavy (non-hydrogen) atoms. The number of hydrogen-bond acceptors (Lipinski definition) is 0. The molecular formula is C21H26Li. The average molecular weight is 285 g/mol. The van der Waals surface area contributed by atoms with E-state index in [2.05, 4.69) is 77.9 Å². The van der Waals surface area contributed by atoms with Crippen LogP contribution in [0.4, 0.5) is 0 Å². The van der Waals surface area contributed by atoms with E-state index in [1.807, 2.05) is 0 Å². The van der Waals surface area contributed by atoms with Crippen molar-refractivity contribution in [2.45, 2.75) is 58.8 Å². The van der Waals surface area contributed by atoms with Crippen molar-refractivity contribution in [1.82, 2.24) is 0 Å². The monoisotopic (exact) mass is 285 g/mol. The smallest absolute Gasteiger partial charge is 0 e. The van der Waals surface area contributed by atoms with Crippen molar-refractivity contribution in [1.29, 1.82) is 0 Å². The number of rotatable bonds is 0. The number of hydrogen-bond donors (Lipinski definition) is 0. The quantitative estimate of drug-likeness (QED) is 0.480. The Bertz CT molecular complexity index is 635. The predicted octanol–water partition coefficient (Wildman–Crippen LogP) is 5.47. The normalized spacial score (nSPS) is 13.4. The van der Waals surface area contributed by atoms with Gasteiger partial charge < -0.3 is 0 Å². The standard InChI is InChI=1S/C21H26.Li/c1-20(2,3)16-7-9-18-14(12-16)11-15-13-17(21(4,5)6)8-10-19(15)18;/h7-10,12-13H,11H2,1-6H3;. The maximum absolute atomic E-state index is 2.41. The molecule has 1 aliphatic rings. The summed E-state index contributed by atoms with van der Waals surface area (Å²) in [5.74, 6) is 0. The molecule has 0 heterocycles. The Morgan fingerprint density at radius 2 is 1.00 bits per heavy atom. The van der Waals surface area contributed by atoms with Gasteiger partial charge in [0.25, 0.3) is 0 Å². The summed E-state index contributed by atoms with van der Waals surface area (Å²) in [4.78, 5) is 0. The van der Waals surface area contributed by atoms with Crippen molar-refractivity contribution in [2.24, 2.45) is 0 Å². The minimum Gasteiger partial charge on any atom is -0.0579 e. The third-order valence-corrected chi connectivity index (χ3v) is 4.61. The molecule has 0 N–H and O–H groups in total.